The molecule has 0 aromatic rings. The van der Waals surface area contributed by atoms with E-state index in [0.29, 0.717) is 0 Å². The van der Waals surface area contributed by atoms with Gasteiger partial charge in [-0.3, -0.25) is 0 Å². The van der Waals surface area contributed by atoms with Crippen LogP contribution >= 0.6 is 16.5 Å². The lowest BCUT2D eigenvalue weighted by Gasteiger charge is -1.66. The van der Waals surface area contributed by atoms with Crippen LogP contribution in [0.15, 0.2) is 12.8 Å². The zero-order valence-electron chi connectivity index (χ0n) is 4.26. The molecule has 0 aliphatic rings. The highest BCUT2D eigenvalue weighted by atomic mass is 31.2. The normalized spacial score (nSPS) is 12.1. The molecule has 2 atom stereocenters. The van der Waals surface area contributed by atoms with Gasteiger partial charge in [-0.2, -0.15) is 0 Å². The van der Waals surface area contributed by atoms with Gasteiger partial charge < -0.3 is 0 Å². The van der Waals surface area contributed by atoms with Crippen LogP contribution < -0.4 is 0 Å². The third-order valence-electron chi connectivity index (χ3n) is 0.297. The summed E-state index contributed by atoms with van der Waals surface area (Å²) in [5.41, 5.74) is 0. The van der Waals surface area contributed by atoms with Crippen molar-refractivity contribution in [3.8, 4) is 0 Å². The van der Waals surface area contributed by atoms with Crippen molar-refractivity contribution in [2.45, 2.75) is 0 Å². The molecule has 0 spiro atoms. The molecule has 50 valence electrons. The molecule has 0 rings (SSSR count). The summed E-state index contributed by atoms with van der Waals surface area (Å²) in [5, 5.41) is 0. The second kappa shape index (κ2) is 4.53. The Morgan fingerprint density at radius 1 is 1.56 bits per heavy atom. The molecule has 2 unspecified atom stereocenters. The Morgan fingerprint density at radius 2 is 2.11 bits per heavy atom. The van der Waals surface area contributed by atoms with E-state index in [1.54, 1.807) is 0 Å². The quantitative estimate of drug-likeness (QED) is 0.510. The molecular formula is C2H4O5P2+2. The maximum absolute atomic E-state index is 10.1. The van der Waals surface area contributed by atoms with Crippen LogP contribution in [0.3, 0.4) is 0 Å². The van der Waals surface area contributed by atoms with Crippen LogP contribution in [0.5, 0.6) is 0 Å². The molecule has 0 heterocycles. The molecule has 0 aromatic carbocycles. The summed E-state index contributed by atoms with van der Waals surface area (Å²) in [7, 11) is -5.38. The van der Waals surface area contributed by atoms with Crippen LogP contribution in [0, 0.1) is 0 Å². The second-order valence-electron chi connectivity index (χ2n) is 0.815. The fourth-order valence-electron chi connectivity index (χ4n) is 0.137. The standard InChI is InChI=1S/C2H3O5P2/c1-2-6-9(5)7-8(3)4/h2H,1H2/q+1/p+1. The second-order valence-corrected chi connectivity index (χ2v) is 2.60. The van der Waals surface area contributed by atoms with Crippen LogP contribution in [0.4, 0.5) is 0 Å². The maximum Gasteiger partial charge on any atom is 0.800 e. The van der Waals surface area contributed by atoms with Crippen LogP contribution in [0.1, 0.15) is 0 Å². The van der Waals surface area contributed by atoms with Gasteiger partial charge in [0, 0.05) is 9.13 Å². The van der Waals surface area contributed by atoms with Crippen LogP contribution in [-0.4, -0.2) is 4.89 Å². The summed E-state index contributed by atoms with van der Waals surface area (Å²) < 4.78 is 27.7. The van der Waals surface area contributed by atoms with E-state index in [9.17, 15) is 9.13 Å². The molecule has 0 radical (unpaired) electrons. The van der Waals surface area contributed by atoms with Crippen molar-refractivity contribution in [2.75, 3.05) is 0 Å². The fourth-order valence-corrected chi connectivity index (χ4v) is 0.869. The van der Waals surface area contributed by atoms with E-state index in [1.165, 1.54) is 0 Å². The monoisotopic (exact) mass is 170 g/mol. The molecule has 0 aliphatic heterocycles. The molecule has 0 fully saturated rings. The summed E-state index contributed by atoms with van der Waals surface area (Å²) >= 11 is 0. The van der Waals surface area contributed by atoms with Gasteiger partial charge >= 0.3 is 16.5 Å². The Kier molecular flexibility index (Phi) is 4.36. The van der Waals surface area contributed by atoms with Gasteiger partial charge in [0.25, 0.3) is 0 Å². The Hall–Kier alpha value is -0.340. The summed E-state index contributed by atoms with van der Waals surface area (Å²) in [4.78, 5) is 7.94. The van der Waals surface area contributed by atoms with E-state index in [2.05, 4.69) is 15.4 Å². The first-order valence-electron chi connectivity index (χ1n) is 1.76. The van der Waals surface area contributed by atoms with Crippen molar-refractivity contribution in [1.82, 2.24) is 0 Å². The predicted molar refractivity (Wildman–Crippen MR) is 29.8 cm³/mol. The molecule has 1 N–H and O–H groups in total. The maximum atomic E-state index is 10.1. The number of rotatable bonds is 4. The molecule has 7 heteroatoms. The minimum Gasteiger partial charge on any atom is -0.235 e. The summed E-state index contributed by atoms with van der Waals surface area (Å²) in [6, 6.07) is 0. The zero-order chi connectivity index (χ0) is 7.28. The minimum absolute atomic E-state index is 0.859. The number of hydrogen-bond donors (Lipinski definition) is 1. The zero-order valence-corrected chi connectivity index (χ0v) is 6.05. The molecule has 0 aliphatic carbocycles. The third-order valence-corrected chi connectivity index (χ3v) is 1.71. The lowest BCUT2D eigenvalue weighted by molar-refractivity contribution is 0.356. The van der Waals surface area contributed by atoms with E-state index < -0.39 is 16.5 Å². The highest BCUT2D eigenvalue weighted by molar-refractivity contribution is 7.47. The molecule has 0 amide bonds. The van der Waals surface area contributed by atoms with Gasteiger partial charge in [0.15, 0.2) is 4.31 Å². The Bertz CT molecular complexity index is 142. The van der Waals surface area contributed by atoms with Gasteiger partial charge in [0.05, 0.1) is 0 Å². The highest BCUT2D eigenvalue weighted by Crippen LogP contribution is 2.35. The SMILES string of the molecule is C=CO[P+](=O)O[P+](=O)O. The predicted octanol–water partition coefficient (Wildman–Crippen LogP) is 1.47. The first kappa shape index (κ1) is 8.66. The van der Waals surface area contributed by atoms with Crippen molar-refractivity contribution < 1.29 is 22.9 Å². The molecule has 9 heavy (non-hydrogen) atoms. The van der Waals surface area contributed by atoms with Crippen molar-refractivity contribution in [3.63, 3.8) is 0 Å². The Morgan fingerprint density at radius 3 is 2.44 bits per heavy atom. The first-order valence-corrected chi connectivity index (χ1v) is 3.98. The largest absolute Gasteiger partial charge is 0.800 e. The molecule has 0 aromatic heterocycles. The average Bonchev–Trinajstić information content (AvgIpc) is 1.63. The van der Waals surface area contributed by atoms with E-state index >= 15 is 0 Å². The van der Waals surface area contributed by atoms with E-state index in [1.807, 2.05) is 0 Å². The van der Waals surface area contributed by atoms with Gasteiger partial charge in [-0.15, -0.1) is 4.89 Å². The summed E-state index contributed by atoms with van der Waals surface area (Å²) in [5.74, 6) is 0. The first-order chi connectivity index (χ1) is 4.16. The average molecular weight is 170 g/mol. The van der Waals surface area contributed by atoms with Gasteiger partial charge in [-0.05, 0) is 0 Å². The van der Waals surface area contributed by atoms with Crippen molar-refractivity contribution in [2.24, 2.45) is 0 Å². The molecule has 0 saturated carbocycles. The molecule has 5 nitrogen and oxygen atoms in total. The van der Waals surface area contributed by atoms with Crippen LogP contribution in [0.2, 0.25) is 0 Å². The Labute approximate surface area is 53.2 Å². The van der Waals surface area contributed by atoms with E-state index in [0.717, 1.165) is 6.26 Å². The van der Waals surface area contributed by atoms with Crippen LogP contribution in [0.25, 0.3) is 0 Å². The van der Waals surface area contributed by atoms with Crippen molar-refractivity contribution in [1.29, 1.82) is 0 Å². The third kappa shape index (κ3) is 5.53. The highest BCUT2D eigenvalue weighted by Gasteiger charge is 2.36. The summed E-state index contributed by atoms with van der Waals surface area (Å²) in [6.45, 7) is 3.05. The van der Waals surface area contributed by atoms with Gasteiger partial charge in [-0.1, -0.05) is 6.58 Å². The molecular weight excluding hydrogens is 166 g/mol. The summed E-state index contributed by atoms with van der Waals surface area (Å²) in [6.07, 6.45) is 0.859. The van der Waals surface area contributed by atoms with Crippen molar-refractivity contribution in [3.05, 3.63) is 12.8 Å². The van der Waals surface area contributed by atoms with Gasteiger partial charge in [0.1, 0.15) is 6.26 Å². The fraction of sp³-hybridized carbons (Fsp3) is 0. The van der Waals surface area contributed by atoms with E-state index in [-0.39, 0.29) is 0 Å². The molecule has 0 bridgehead atoms. The topological polar surface area (TPSA) is 72.8 Å². The number of hydrogen-bond acceptors (Lipinski definition) is 4. The lowest BCUT2D eigenvalue weighted by atomic mass is 11.2. The molecule has 0 saturated heterocycles. The Balaban J connectivity index is 3.50. The van der Waals surface area contributed by atoms with E-state index in [4.69, 9.17) is 4.89 Å². The smallest absolute Gasteiger partial charge is 0.235 e. The minimum atomic E-state index is -2.86. The van der Waals surface area contributed by atoms with Gasteiger partial charge in [0.2, 0.25) is 0 Å². The van der Waals surface area contributed by atoms with Gasteiger partial charge in [-0.25, -0.2) is 4.52 Å². The van der Waals surface area contributed by atoms with Crippen molar-refractivity contribution >= 4 is 16.5 Å². The van der Waals surface area contributed by atoms with Crippen LogP contribution in [-0.2, 0) is 18.0 Å². The lowest BCUT2D eigenvalue weighted by Crippen LogP contribution is -1.65.